The van der Waals surface area contributed by atoms with Gasteiger partial charge in [-0.2, -0.15) is 0 Å². The summed E-state index contributed by atoms with van der Waals surface area (Å²) in [6, 6.07) is 4.27. The van der Waals surface area contributed by atoms with Crippen LogP contribution in [0, 0.1) is 0 Å². The summed E-state index contributed by atoms with van der Waals surface area (Å²) in [6.07, 6.45) is -2.11. The zero-order valence-electron chi connectivity index (χ0n) is 13.8. The highest BCUT2D eigenvalue weighted by Gasteiger charge is 2.27. The zero-order valence-corrected chi connectivity index (χ0v) is 13.8. The molecule has 0 fully saturated rings. The second kappa shape index (κ2) is 7.91. The number of ether oxygens (including phenoxy) is 2. The van der Waals surface area contributed by atoms with Crippen molar-refractivity contribution in [3.05, 3.63) is 45.7 Å². The number of benzene rings is 1. The van der Waals surface area contributed by atoms with E-state index in [4.69, 9.17) is 4.74 Å². The van der Waals surface area contributed by atoms with Crippen molar-refractivity contribution in [3.63, 3.8) is 0 Å². The van der Waals surface area contributed by atoms with Gasteiger partial charge in [-0.25, -0.2) is 9.59 Å². The van der Waals surface area contributed by atoms with Gasteiger partial charge in [0.25, 0.3) is 0 Å². The first-order chi connectivity index (χ1) is 11.9. The Morgan fingerprint density at radius 1 is 1.16 bits per heavy atom. The van der Waals surface area contributed by atoms with E-state index in [1.807, 2.05) is 0 Å². The van der Waals surface area contributed by atoms with Gasteiger partial charge in [-0.3, -0.25) is 4.79 Å². The molecule has 0 saturated carbocycles. The number of aromatic amines is 1. The van der Waals surface area contributed by atoms with Gasteiger partial charge in [0.15, 0.2) is 6.10 Å². The van der Waals surface area contributed by atoms with Crippen LogP contribution in [0.2, 0.25) is 0 Å². The molecule has 8 heteroatoms. The molecule has 1 aromatic heterocycles. The molecule has 2 atom stereocenters. The van der Waals surface area contributed by atoms with Crippen molar-refractivity contribution in [2.45, 2.75) is 26.1 Å². The van der Waals surface area contributed by atoms with Crippen LogP contribution in [-0.4, -0.2) is 46.5 Å². The lowest BCUT2D eigenvalue weighted by atomic mass is 10.0. The molecule has 3 N–H and O–H groups in total. The average molecular weight is 349 g/mol. The number of esters is 2. The Morgan fingerprint density at radius 2 is 1.84 bits per heavy atom. The number of carbonyl (C=O) groups excluding carboxylic acids is 2. The molecule has 0 saturated heterocycles. The van der Waals surface area contributed by atoms with E-state index >= 15 is 0 Å². The highest BCUT2D eigenvalue weighted by molar-refractivity contribution is 5.93. The number of aliphatic hydroxyl groups excluding tert-OH is 2. The fraction of sp³-hybridized carbons (Fsp3) is 0.353. The van der Waals surface area contributed by atoms with E-state index in [0.29, 0.717) is 5.52 Å². The minimum atomic E-state index is -1.79. The molecule has 0 aliphatic rings. The molecule has 2 rings (SSSR count). The third kappa shape index (κ3) is 3.86. The van der Waals surface area contributed by atoms with Gasteiger partial charge in [0.1, 0.15) is 11.7 Å². The van der Waals surface area contributed by atoms with E-state index in [1.54, 1.807) is 13.8 Å². The quantitative estimate of drug-likeness (QED) is 0.654. The number of aromatic nitrogens is 1. The van der Waals surface area contributed by atoms with E-state index in [-0.39, 0.29) is 29.7 Å². The first kappa shape index (κ1) is 18.6. The molecule has 1 aromatic carbocycles. The van der Waals surface area contributed by atoms with Crippen molar-refractivity contribution in [1.82, 2.24) is 4.98 Å². The molecule has 1 heterocycles. The molecule has 0 aliphatic carbocycles. The molecule has 0 amide bonds. The first-order valence-electron chi connectivity index (χ1n) is 7.75. The maximum absolute atomic E-state index is 12.5. The van der Waals surface area contributed by atoms with Crippen molar-refractivity contribution in [2.75, 3.05) is 13.2 Å². The van der Waals surface area contributed by atoms with E-state index in [2.05, 4.69) is 9.72 Å². The minimum absolute atomic E-state index is 0.0584. The van der Waals surface area contributed by atoms with Crippen LogP contribution in [0.15, 0.2) is 29.2 Å². The number of fused-ring (bicyclic) bond motifs is 1. The van der Waals surface area contributed by atoms with Crippen molar-refractivity contribution in [3.8, 4) is 0 Å². The minimum Gasteiger partial charge on any atom is -0.464 e. The van der Waals surface area contributed by atoms with Crippen LogP contribution in [0.4, 0.5) is 0 Å². The normalized spacial score (nSPS) is 13.3. The second-order valence-corrected chi connectivity index (χ2v) is 5.20. The summed E-state index contributed by atoms with van der Waals surface area (Å²) in [6.45, 7) is 3.38. The first-order valence-corrected chi connectivity index (χ1v) is 7.75. The van der Waals surface area contributed by atoms with Gasteiger partial charge in [0, 0.05) is 17.1 Å². The molecule has 0 radical (unpaired) electrons. The van der Waals surface area contributed by atoms with E-state index in [9.17, 15) is 24.6 Å². The van der Waals surface area contributed by atoms with Crippen LogP contribution in [0.5, 0.6) is 0 Å². The highest BCUT2D eigenvalue weighted by Crippen LogP contribution is 2.21. The Morgan fingerprint density at radius 3 is 2.48 bits per heavy atom. The molecular formula is C17H19NO7. The molecule has 0 bridgehead atoms. The number of hydrogen-bond donors (Lipinski definition) is 3. The summed E-state index contributed by atoms with van der Waals surface area (Å²) in [5.41, 5.74) is -0.182. The second-order valence-electron chi connectivity index (χ2n) is 5.20. The summed E-state index contributed by atoms with van der Waals surface area (Å²) >= 11 is 0. The van der Waals surface area contributed by atoms with Crippen molar-refractivity contribution >= 4 is 22.8 Å². The van der Waals surface area contributed by atoms with Crippen molar-refractivity contribution < 1.29 is 29.3 Å². The predicted octanol–water partition coefficient (Wildman–Crippen LogP) is 0.662. The third-order valence-corrected chi connectivity index (χ3v) is 3.57. The molecule has 0 aliphatic heterocycles. The van der Waals surface area contributed by atoms with Gasteiger partial charge < -0.3 is 24.7 Å². The van der Waals surface area contributed by atoms with E-state index in [1.165, 1.54) is 24.4 Å². The number of pyridine rings is 1. The van der Waals surface area contributed by atoms with Crippen LogP contribution < -0.4 is 5.43 Å². The number of nitrogens with one attached hydrogen (secondary N) is 1. The van der Waals surface area contributed by atoms with Gasteiger partial charge >= 0.3 is 11.9 Å². The third-order valence-electron chi connectivity index (χ3n) is 3.57. The van der Waals surface area contributed by atoms with Gasteiger partial charge in [0.05, 0.1) is 13.2 Å². The fourth-order valence-corrected chi connectivity index (χ4v) is 2.32. The predicted molar refractivity (Wildman–Crippen MR) is 88.1 cm³/mol. The summed E-state index contributed by atoms with van der Waals surface area (Å²) in [7, 11) is 0. The standard InChI is InChI=1S/C17H19NO7/c1-3-24-16(22)11-8-18-12-6-5-9(7-10(12)14(11)20)13(19)15(21)17(23)25-4-2/h5-8,13,15,19,21H,3-4H2,1-2H3,(H,18,20). The smallest absolute Gasteiger partial charge is 0.343 e. The van der Waals surface area contributed by atoms with Crippen molar-refractivity contribution in [1.29, 1.82) is 0 Å². The Bertz CT molecular complexity index is 842. The Hall–Kier alpha value is -2.71. The topological polar surface area (TPSA) is 126 Å². The lowest BCUT2D eigenvalue weighted by Crippen LogP contribution is -2.30. The van der Waals surface area contributed by atoms with E-state index < -0.39 is 29.6 Å². The maximum atomic E-state index is 12.5. The zero-order chi connectivity index (χ0) is 18.6. The molecular weight excluding hydrogens is 330 g/mol. The summed E-state index contributed by atoms with van der Waals surface area (Å²) in [5, 5.41) is 20.1. The van der Waals surface area contributed by atoms with Gasteiger partial charge in [-0.05, 0) is 31.5 Å². The Balaban J connectivity index is 2.44. The molecule has 25 heavy (non-hydrogen) atoms. The summed E-state index contributed by atoms with van der Waals surface area (Å²) < 4.78 is 9.48. The van der Waals surface area contributed by atoms with E-state index in [0.717, 1.165) is 0 Å². The van der Waals surface area contributed by atoms with Crippen LogP contribution in [0.3, 0.4) is 0 Å². The fourth-order valence-electron chi connectivity index (χ4n) is 2.32. The summed E-state index contributed by atoms with van der Waals surface area (Å²) in [5.74, 6) is -1.73. The Kier molecular flexibility index (Phi) is 5.89. The van der Waals surface area contributed by atoms with Gasteiger partial charge in [-0.15, -0.1) is 0 Å². The van der Waals surface area contributed by atoms with Gasteiger partial charge in [-0.1, -0.05) is 6.07 Å². The van der Waals surface area contributed by atoms with Crippen LogP contribution in [0.25, 0.3) is 10.9 Å². The lowest BCUT2D eigenvalue weighted by molar-refractivity contribution is -0.159. The van der Waals surface area contributed by atoms with Gasteiger partial charge in [0.2, 0.25) is 5.43 Å². The lowest BCUT2D eigenvalue weighted by Gasteiger charge is -2.17. The highest BCUT2D eigenvalue weighted by atomic mass is 16.5. The Labute approximate surface area is 143 Å². The maximum Gasteiger partial charge on any atom is 0.343 e. The number of aliphatic hydroxyl groups is 2. The SMILES string of the molecule is CCOC(=O)c1c[nH]c2ccc(C(O)C(O)C(=O)OCC)cc2c1=O. The van der Waals surface area contributed by atoms with Crippen LogP contribution >= 0.6 is 0 Å². The molecule has 134 valence electrons. The number of carbonyl (C=O) groups is 2. The van der Waals surface area contributed by atoms with Crippen molar-refractivity contribution in [2.24, 2.45) is 0 Å². The average Bonchev–Trinajstić information content (AvgIpc) is 2.61. The number of hydrogen-bond acceptors (Lipinski definition) is 7. The molecule has 0 spiro atoms. The summed E-state index contributed by atoms with van der Waals surface area (Å²) in [4.78, 5) is 38.6. The molecule has 2 unspecified atom stereocenters. The molecule has 2 aromatic rings. The number of rotatable bonds is 6. The number of H-pyrrole nitrogens is 1. The largest absolute Gasteiger partial charge is 0.464 e. The monoisotopic (exact) mass is 349 g/mol. The van der Waals surface area contributed by atoms with Crippen LogP contribution in [0.1, 0.15) is 35.9 Å². The molecule has 8 nitrogen and oxygen atoms in total. The van der Waals surface area contributed by atoms with Crippen LogP contribution in [-0.2, 0) is 14.3 Å².